The Kier molecular flexibility index (Phi) is 4.74. The van der Waals surface area contributed by atoms with E-state index in [1.807, 2.05) is 12.1 Å². The summed E-state index contributed by atoms with van der Waals surface area (Å²) in [4.78, 5) is 5.14. The summed E-state index contributed by atoms with van der Waals surface area (Å²) in [7, 11) is 0. The van der Waals surface area contributed by atoms with Crippen LogP contribution in [0.1, 0.15) is 5.56 Å². The van der Waals surface area contributed by atoms with Crippen LogP contribution < -0.4 is 10.5 Å². The third-order valence-electron chi connectivity index (χ3n) is 3.43. The lowest BCUT2D eigenvalue weighted by molar-refractivity contribution is 0.485. The fourth-order valence-corrected chi connectivity index (χ4v) is 2.61. The van der Waals surface area contributed by atoms with Gasteiger partial charge in [-0.2, -0.15) is 0 Å². The van der Waals surface area contributed by atoms with Crippen LogP contribution in [0.25, 0.3) is 11.3 Å². The van der Waals surface area contributed by atoms with E-state index in [1.54, 1.807) is 42.6 Å². The number of benzene rings is 2. The van der Waals surface area contributed by atoms with Crippen LogP contribution in [-0.2, 0) is 0 Å². The van der Waals surface area contributed by atoms with E-state index in [-0.39, 0.29) is 0 Å². The molecule has 4 nitrogen and oxygen atoms in total. The normalized spacial score (nSPS) is 10.4. The van der Waals surface area contributed by atoms with Crippen molar-refractivity contribution < 1.29 is 4.74 Å². The molecule has 1 aromatic heterocycles. The van der Waals surface area contributed by atoms with Crippen molar-refractivity contribution in [2.45, 2.75) is 4.90 Å². The van der Waals surface area contributed by atoms with Gasteiger partial charge in [0.15, 0.2) is 5.75 Å². The summed E-state index contributed by atoms with van der Waals surface area (Å²) in [6, 6.07) is 14.3. The first-order chi connectivity index (χ1) is 11.6. The number of hydrogen-bond acceptors (Lipinski definition) is 5. The largest absolute Gasteiger partial charge is 0.455 e. The molecule has 2 aromatic carbocycles. The smallest absolute Gasteiger partial charge is 0.151 e. The predicted octanol–water partition coefficient (Wildman–Crippen LogP) is 5.06. The number of anilines is 1. The Hall–Kier alpha value is -2.50. The number of aromatic nitrogens is 1. The molecule has 0 aliphatic carbocycles. The van der Waals surface area contributed by atoms with Crippen LogP contribution in [-0.4, -0.2) is 11.2 Å². The maximum atomic E-state index is 7.58. The maximum Gasteiger partial charge on any atom is 0.151 e. The van der Waals surface area contributed by atoms with Gasteiger partial charge in [-0.1, -0.05) is 11.6 Å². The molecule has 0 saturated carbocycles. The Morgan fingerprint density at radius 1 is 1.17 bits per heavy atom. The van der Waals surface area contributed by atoms with Gasteiger partial charge in [0, 0.05) is 28.4 Å². The van der Waals surface area contributed by atoms with Crippen molar-refractivity contribution in [1.29, 1.82) is 5.41 Å². The van der Waals surface area contributed by atoms with Gasteiger partial charge in [0.2, 0.25) is 0 Å². The highest BCUT2D eigenvalue weighted by atomic mass is 35.5. The highest BCUT2D eigenvalue weighted by Gasteiger charge is 2.13. The molecule has 0 amide bonds. The first-order valence-corrected chi connectivity index (χ1v) is 7.93. The van der Waals surface area contributed by atoms with Gasteiger partial charge in [-0.15, -0.1) is 12.6 Å². The van der Waals surface area contributed by atoms with Gasteiger partial charge in [-0.25, -0.2) is 0 Å². The average Bonchev–Trinajstić information content (AvgIpc) is 2.59. The fraction of sp³-hybridized carbons (Fsp3) is 0. The molecule has 0 atom stereocenters. The summed E-state index contributed by atoms with van der Waals surface area (Å²) in [5.74, 6) is 1.07. The molecule has 24 heavy (non-hydrogen) atoms. The van der Waals surface area contributed by atoms with Crippen LogP contribution in [0, 0.1) is 5.41 Å². The lowest BCUT2D eigenvalue weighted by atomic mass is 10.0. The van der Waals surface area contributed by atoms with Crippen molar-refractivity contribution in [2.24, 2.45) is 0 Å². The van der Waals surface area contributed by atoms with Crippen LogP contribution >= 0.6 is 24.2 Å². The van der Waals surface area contributed by atoms with Gasteiger partial charge < -0.3 is 15.9 Å². The predicted molar refractivity (Wildman–Crippen MR) is 101 cm³/mol. The standard InChI is InChI=1S/C18H14ClN3OS/c19-15-2-1-7-22-18(15)11-8-12(10-20)17(21)16(9-11)23-13-3-5-14(24)6-4-13/h1-10,20,24H,21H2. The summed E-state index contributed by atoms with van der Waals surface area (Å²) in [6.45, 7) is 0. The van der Waals surface area contributed by atoms with Gasteiger partial charge in [0.1, 0.15) is 5.75 Å². The molecule has 0 aliphatic heterocycles. The second-order valence-corrected chi connectivity index (χ2v) is 5.98. The minimum atomic E-state index is 0.385. The van der Waals surface area contributed by atoms with Gasteiger partial charge in [-0.05, 0) is 48.5 Å². The molecule has 6 heteroatoms. The zero-order valence-corrected chi connectivity index (χ0v) is 14.2. The summed E-state index contributed by atoms with van der Waals surface area (Å²) in [6.07, 6.45) is 2.84. The number of nitrogen functional groups attached to an aromatic ring is 1. The van der Waals surface area contributed by atoms with Crippen molar-refractivity contribution in [3.63, 3.8) is 0 Å². The van der Waals surface area contributed by atoms with E-state index in [0.29, 0.717) is 33.5 Å². The highest BCUT2D eigenvalue weighted by molar-refractivity contribution is 7.80. The first-order valence-electron chi connectivity index (χ1n) is 7.10. The Morgan fingerprint density at radius 2 is 1.92 bits per heavy atom. The number of thiol groups is 1. The molecule has 0 fully saturated rings. The second-order valence-electron chi connectivity index (χ2n) is 5.05. The number of nitrogens with two attached hydrogens (primary N) is 1. The average molecular weight is 356 g/mol. The molecule has 0 unspecified atom stereocenters. The van der Waals surface area contributed by atoms with Crippen LogP contribution in [0.15, 0.2) is 59.6 Å². The lowest BCUT2D eigenvalue weighted by Crippen LogP contribution is -1.99. The molecule has 120 valence electrons. The number of nitrogens with one attached hydrogen (secondary N) is 1. The number of nitrogens with zero attached hydrogens (tertiary/aromatic N) is 1. The molecular weight excluding hydrogens is 342 g/mol. The molecule has 0 saturated heterocycles. The lowest BCUT2D eigenvalue weighted by Gasteiger charge is -2.13. The number of rotatable bonds is 4. The van der Waals surface area contributed by atoms with Crippen LogP contribution in [0.5, 0.6) is 11.5 Å². The monoisotopic (exact) mass is 355 g/mol. The topological polar surface area (TPSA) is 72.0 Å². The summed E-state index contributed by atoms with van der Waals surface area (Å²) in [5.41, 5.74) is 8.37. The summed E-state index contributed by atoms with van der Waals surface area (Å²) < 4.78 is 5.88. The number of halogens is 1. The van der Waals surface area contributed by atoms with Gasteiger partial charge in [0.25, 0.3) is 0 Å². The van der Waals surface area contributed by atoms with Crippen LogP contribution in [0.2, 0.25) is 5.02 Å². The van der Waals surface area contributed by atoms with Gasteiger partial charge >= 0.3 is 0 Å². The third kappa shape index (κ3) is 3.37. The molecule has 0 aliphatic rings. The molecule has 3 aromatic rings. The van der Waals surface area contributed by atoms with E-state index < -0.39 is 0 Å². The van der Waals surface area contributed by atoms with E-state index in [2.05, 4.69) is 17.6 Å². The number of hydrogen-bond donors (Lipinski definition) is 3. The Labute approximate surface area is 150 Å². The van der Waals surface area contributed by atoms with Gasteiger partial charge in [-0.3, -0.25) is 4.98 Å². The van der Waals surface area contributed by atoms with Crippen LogP contribution in [0.3, 0.4) is 0 Å². The second kappa shape index (κ2) is 6.95. The minimum Gasteiger partial charge on any atom is -0.455 e. The summed E-state index contributed by atoms with van der Waals surface area (Å²) >= 11 is 10.5. The summed E-state index contributed by atoms with van der Waals surface area (Å²) in [5, 5.41) is 8.10. The van der Waals surface area contributed by atoms with E-state index >= 15 is 0 Å². The molecule has 0 bridgehead atoms. The highest BCUT2D eigenvalue weighted by Crippen LogP contribution is 2.36. The Bertz CT molecular complexity index is 897. The van der Waals surface area contributed by atoms with Crippen molar-refractivity contribution in [2.75, 3.05) is 5.73 Å². The van der Waals surface area contributed by atoms with E-state index in [4.69, 9.17) is 27.5 Å². The van der Waals surface area contributed by atoms with Crippen molar-refractivity contribution in [3.05, 3.63) is 65.3 Å². The van der Waals surface area contributed by atoms with Crippen molar-refractivity contribution >= 4 is 36.1 Å². The fourth-order valence-electron chi connectivity index (χ4n) is 2.23. The number of pyridine rings is 1. The molecule has 1 heterocycles. The molecule has 0 radical (unpaired) electrons. The molecule has 3 rings (SSSR count). The van der Waals surface area contributed by atoms with Crippen molar-refractivity contribution in [3.8, 4) is 22.8 Å². The minimum absolute atomic E-state index is 0.385. The van der Waals surface area contributed by atoms with Crippen molar-refractivity contribution in [1.82, 2.24) is 4.98 Å². The Balaban J connectivity index is 2.08. The molecular formula is C18H14ClN3OS. The van der Waals surface area contributed by atoms with E-state index in [9.17, 15) is 0 Å². The number of ether oxygens (including phenoxy) is 1. The third-order valence-corrected chi connectivity index (χ3v) is 4.03. The zero-order chi connectivity index (χ0) is 17.1. The zero-order valence-electron chi connectivity index (χ0n) is 12.5. The first kappa shape index (κ1) is 16.4. The Morgan fingerprint density at radius 3 is 2.58 bits per heavy atom. The SMILES string of the molecule is N=Cc1cc(-c2ncccc2Cl)cc(Oc2ccc(S)cc2)c1N. The van der Waals surface area contributed by atoms with Gasteiger partial charge in [0.05, 0.1) is 16.4 Å². The van der Waals surface area contributed by atoms with E-state index in [0.717, 1.165) is 10.5 Å². The van der Waals surface area contributed by atoms with Crippen LogP contribution in [0.4, 0.5) is 5.69 Å². The van der Waals surface area contributed by atoms with E-state index in [1.165, 1.54) is 6.21 Å². The molecule has 0 spiro atoms. The quantitative estimate of drug-likeness (QED) is 0.348. The maximum absolute atomic E-state index is 7.58. The molecule has 3 N–H and O–H groups in total.